The molecule has 0 bridgehead atoms. The van der Waals surface area contributed by atoms with Crippen LogP contribution in [-0.2, 0) is 0 Å². The molecule has 1 aromatic carbocycles. The van der Waals surface area contributed by atoms with Crippen LogP contribution in [0.4, 0.5) is 0 Å². The van der Waals surface area contributed by atoms with Gasteiger partial charge in [0.25, 0.3) is 0 Å². The summed E-state index contributed by atoms with van der Waals surface area (Å²) in [5, 5.41) is 3.53. The van der Waals surface area contributed by atoms with Crippen LogP contribution in [-0.4, -0.2) is 6.10 Å². The molecule has 1 N–H and O–H groups in total. The Morgan fingerprint density at radius 1 is 1.00 bits per heavy atom. The summed E-state index contributed by atoms with van der Waals surface area (Å²) in [7, 11) is 0. The van der Waals surface area contributed by atoms with Gasteiger partial charge in [-0.2, -0.15) is 0 Å². The van der Waals surface area contributed by atoms with Gasteiger partial charge in [0, 0.05) is 6.04 Å². The van der Waals surface area contributed by atoms with Gasteiger partial charge in [0.15, 0.2) is 0 Å². The minimum atomic E-state index is 0.176. The molecule has 0 radical (unpaired) electrons. The van der Waals surface area contributed by atoms with Gasteiger partial charge >= 0.3 is 0 Å². The van der Waals surface area contributed by atoms with Crippen LogP contribution in [0, 0.1) is 0 Å². The van der Waals surface area contributed by atoms with E-state index in [-0.39, 0.29) is 18.2 Å². The first kappa shape index (κ1) is 14.7. The number of nitrogens with one attached hydrogen (secondary N) is 1. The second kappa shape index (κ2) is 6.62. The zero-order chi connectivity index (χ0) is 14.5. The highest BCUT2D eigenvalue weighted by atomic mass is 16.5. The summed E-state index contributed by atoms with van der Waals surface area (Å²) in [4.78, 5) is 0. The van der Waals surface area contributed by atoms with Crippen molar-refractivity contribution in [2.45, 2.75) is 45.9 Å². The molecule has 2 atom stereocenters. The second-order valence-electron chi connectivity index (χ2n) is 5.36. The maximum Gasteiger partial charge on any atom is 0.120 e. The minimum absolute atomic E-state index is 0.176. The van der Waals surface area contributed by atoms with E-state index in [2.05, 4.69) is 31.3 Å². The molecule has 0 amide bonds. The number of hydrogen-bond acceptors (Lipinski definition) is 3. The molecule has 1 heterocycles. The van der Waals surface area contributed by atoms with Gasteiger partial charge in [0.2, 0.25) is 0 Å². The average Bonchev–Trinajstić information content (AvgIpc) is 2.92. The summed E-state index contributed by atoms with van der Waals surface area (Å²) in [5.41, 5.74) is 1.21. The minimum Gasteiger partial charge on any atom is -0.491 e. The van der Waals surface area contributed by atoms with E-state index in [1.807, 2.05) is 38.1 Å². The highest BCUT2D eigenvalue weighted by Gasteiger charge is 2.13. The fourth-order valence-electron chi connectivity index (χ4n) is 2.22. The van der Waals surface area contributed by atoms with Gasteiger partial charge < -0.3 is 14.5 Å². The normalized spacial score (nSPS) is 14.2. The molecule has 1 aromatic heterocycles. The van der Waals surface area contributed by atoms with Crippen LogP contribution >= 0.6 is 0 Å². The summed E-state index contributed by atoms with van der Waals surface area (Å²) >= 11 is 0. The Balaban J connectivity index is 2.03. The quantitative estimate of drug-likeness (QED) is 0.842. The third-order valence-electron chi connectivity index (χ3n) is 3.20. The Bertz CT molecular complexity index is 520. The van der Waals surface area contributed by atoms with E-state index in [1.165, 1.54) is 5.56 Å². The highest BCUT2D eigenvalue weighted by Crippen LogP contribution is 2.23. The predicted octanol–water partition coefficient (Wildman–Crippen LogP) is 4.48. The van der Waals surface area contributed by atoms with Crippen LogP contribution in [0.3, 0.4) is 0 Å². The summed E-state index contributed by atoms with van der Waals surface area (Å²) in [6.07, 6.45) is 1.89. The van der Waals surface area contributed by atoms with E-state index in [9.17, 15) is 0 Å². The Morgan fingerprint density at radius 3 is 2.45 bits per heavy atom. The molecule has 3 nitrogen and oxygen atoms in total. The van der Waals surface area contributed by atoms with E-state index < -0.39 is 0 Å². The van der Waals surface area contributed by atoms with Gasteiger partial charge in [0.05, 0.1) is 18.4 Å². The molecule has 2 rings (SSSR count). The number of furan rings is 1. The lowest BCUT2D eigenvalue weighted by Gasteiger charge is -2.20. The van der Waals surface area contributed by atoms with Gasteiger partial charge in [-0.3, -0.25) is 0 Å². The van der Waals surface area contributed by atoms with E-state index >= 15 is 0 Å². The van der Waals surface area contributed by atoms with Gasteiger partial charge in [-0.1, -0.05) is 12.1 Å². The topological polar surface area (TPSA) is 34.4 Å². The van der Waals surface area contributed by atoms with Crippen molar-refractivity contribution >= 4 is 0 Å². The zero-order valence-electron chi connectivity index (χ0n) is 12.6. The smallest absolute Gasteiger partial charge is 0.120 e. The summed E-state index contributed by atoms with van der Waals surface area (Å²) < 4.78 is 11.2. The van der Waals surface area contributed by atoms with Crippen LogP contribution < -0.4 is 10.1 Å². The van der Waals surface area contributed by atoms with E-state index in [4.69, 9.17) is 9.15 Å². The molecule has 0 saturated heterocycles. The molecule has 20 heavy (non-hydrogen) atoms. The summed E-state index contributed by atoms with van der Waals surface area (Å²) in [6.45, 7) is 8.32. The molecule has 108 valence electrons. The predicted molar refractivity (Wildman–Crippen MR) is 80.9 cm³/mol. The molecule has 0 aliphatic rings. The van der Waals surface area contributed by atoms with Crippen LogP contribution in [0.5, 0.6) is 5.75 Å². The van der Waals surface area contributed by atoms with Crippen molar-refractivity contribution in [3.05, 3.63) is 54.0 Å². The van der Waals surface area contributed by atoms with Crippen molar-refractivity contribution < 1.29 is 9.15 Å². The lowest BCUT2D eigenvalue weighted by molar-refractivity contribution is 0.242. The van der Waals surface area contributed by atoms with Gasteiger partial charge in [-0.15, -0.1) is 0 Å². The Kier molecular flexibility index (Phi) is 4.85. The molecule has 2 aromatic rings. The molecular weight excluding hydrogens is 250 g/mol. The van der Waals surface area contributed by atoms with Crippen molar-refractivity contribution in [2.75, 3.05) is 0 Å². The van der Waals surface area contributed by atoms with Crippen molar-refractivity contribution in [1.29, 1.82) is 0 Å². The molecular formula is C17H23NO2. The lowest BCUT2D eigenvalue weighted by Crippen LogP contribution is -2.22. The highest BCUT2D eigenvalue weighted by molar-refractivity contribution is 5.30. The number of benzene rings is 1. The standard InChI is InChI=1S/C17H23NO2/c1-12(2)20-16-8-5-7-15(11-16)13(3)18-14(4)17-9-6-10-19-17/h5-14,18H,1-4H3. The molecule has 2 unspecified atom stereocenters. The fourth-order valence-corrected chi connectivity index (χ4v) is 2.22. The third kappa shape index (κ3) is 3.87. The number of rotatable bonds is 6. The Hall–Kier alpha value is -1.74. The first-order chi connectivity index (χ1) is 9.56. The second-order valence-corrected chi connectivity index (χ2v) is 5.36. The maximum atomic E-state index is 5.74. The number of hydrogen-bond donors (Lipinski definition) is 1. The number of ether oxygens (including phenoxy) is 1. The Labute approximate surface area is 121 Å². The largest absolute Gasteiger partial charge is 0.491 e. The van der Waals surface area contributed by atoms with Gasteiger partial charge in [-0.05, 0) is 57.5 Å². The van der Waals surface area contributed by atoms with Crippen LogP contribution in [0.15, 0.2) is 47.1 Å². The van der Waals surface area contributed by atoms with E-state index in [1.54, 1.807) is 6.26 Å². The molecule has 0 spiro atoms. The van der Waals surface area contributed by atoms with Gasteiger partial charge in [0.1, 0.15) is 11.5 Å². The summed E-state index contributed by atoms with van der Waals surface area (Å²) in [5.74, 6) is 1.86. The lowest BCUT2D eigenvalue weighted by atomic mass is 10.1. The molecule has 3 heteroatoms. The molecule has 0 aliphatic heterocycles. The molecule has 0 fully saturated rings. The van der Waals surface area contributed by atoms with Crippen LogP contribution in [0.2, 0.25) is 0 Å². The third-order valence-corrected chi connectivity index (χ3v) is 3.20. The van der Waals surface area contributed by atoms with E-state index in [0.717, 1.165) is 11.5 Å². The zero-order valence-corrected chi connectivity index (χ0v) is 12.6. The van der Waals surface area contributed by atoms with E-state index in [0.29, 0.717) is 0 Å². The van der Waals surface area contributed by atoms with Crippen LogP contribution in [0.25, 0.3) is 0 Å². The fraction of sp³-hybridized carbons (Fsp3) is 0.412. The first-order valence-electron chi connectivity index (χ1n) is 7.12. The molecule has 0 aliphatic carbocycles. The average molecular weight is 273 g/mol. The van der Waals surface area contributed by atoms with Crippen molar-refractivity contribution in [3.63, 3.8) is 0 Å². The first-order valence-corrected chi connectivity index (χ1v) is 7.12. The SMILES string of the molecule is CC(C)Oc1cccc(C(C)NC(C)c2ccco2)c1. The van der Waals surface area contributed by atoms with Gasteiger partial charge in [-0.25, -0.2) is 0 Å². The molecule has 0 saturated carbocycles. The van der Waals surface area contributed by atoms with Crippen molar-refractivity contribution in [3.8, 4) is 5.75 Å². The monoisotopic (exact) mass is 273 g/mol. The van der Waals surface area contributed by atoms with Crippen molar-refractivity contribution in [1.82, 2.24) is 5.32 Å². The summed E-state index contributed by atoms with van der Waals surface area (Å²) in [6, 6.07) is 12.5. The maximum absolute atomic E-state index is 5.74. The van der Waals surface area contributed by atoms with Crippen molar-refractivity contribution in [2.24, 2.45) is 0 Å². The Morgan fingerprint density at radius 2 is 1.80 bits per heavy atom. The van der Waals surface area contributed by atoms with Crippen LogP contribution in [0.1, 0.15) is 51.1 Å².